The number of nitrogens with one attached hydrogen (secondary N) is 1. The molecule has 3 nitrogen and oxygen atoms in total. The largest absolute Gasteiger partial charge is 1.00 e. The van der Waals surface area contributed by atoms with Crippen LogP contribution in [0.25, 0.3) is 0 Å². The second kappa shape index (κ2) is 9.23. The summed E-state index contributed by atoms with van der Waals surface area (Å²) in [7, 11) is 0. The lowest BCUT2D eigenvalue weighted by Gasteiger charge is -2.25. The number of esters is 1. The van der Waals surface area contributed by atoms with Gasteiger partial charge < -0.3 is 22.0 Å². The lowest BCUT2D eigenvalue weighted by molar-refractivity contribution is -0.897. The Kier molecular flexibility index (Phi) is 8.88. The van der Waals surface area contributed by atoms with Crippen LogP contribution in [0.1, 0.15) is 52.9 Å². The number of quaternary nitrogens is 1. The molecule has 110 valence electrons. The summed E-state index contributed by atoms with van der Waals surface area (Å²) in [5.74, 6) is 6.20. The van der Waals surface area contributed by atoms with E-state index in [0.717, 1.165) is 19.4 Å². The topological polar surface area (TPSA) is 30.7 Å². The van der Waals surface area contributed by atoms with Crippen LogP contribution in [-0.4, -0.2) is 31.2 Å². The molecule has 1 fully saturated rings. The van der Waals surface area contributed by atoms with Crippen molar-refractivity contribution in [3.8, 4) is 11.8 Å². The smallest absolute Gasteiger partial charge is 0.304 e. The molecule has 0 bridgehead atoms. The maximum atomic E-state index is 11.1. The third kappa shape index (κ3) is 6.31. The van der Waals surface area contributed by atoms with Gasteiger partial charge in [-0.25, -0.2) is 0 Å². The molecule has 1 heterocycles. The number of carbonyl (C=O) groups excluding carboxylic acids is 1. The van der Waals surface area contributed by atoms with Gasteiger partial charge >= 0.3 is 5.97 Å². The summed E-state index contributed by atoms with van der Waals surface area (Å²) < 4.78 is 5.40. The molecule has 1 aliphatic rings. The molecule has 1 N–H and O–H groups in total. The summed E-state index contributed by atoms with van der Waals surface area (Å²) in [6.07, 6.45) is 5.50. The van der Waals surface area contributed by atoms with Crippen LogP contribution in [0.15, 0.2) is 0 Å². The molecule has 0 saturated carbocycles. The van der Waals surface area contributed by atoms with E-state index >= 15 is 0 Å². The average molecular weight is 288 g/mol. The van der Waals surface area contributed by atoms with Gasteiger partial charge in [0.2, 0.25) is 0 Å². The van der Waals surface area contributed by atoms with Gasteiger partial charge in [0.1, 0.15) is 6.54 Å². The molecule has 0 amide bonds. The molecule has 0 unspecified atom stereocenters. The van der Waals surface area contributed by atoms with E-state index in [0.29, 0.717) is 0 Å². The fourth-order valence-electron chi connectivity index (χ4n) is 2.43. The van der Waals surface area contributed by atoms with E-state index in [4.69, 9.17) is 4.74 Å². The Bertz CT molecular complexity index is 323. The van der Waals surface area contributed by atoms with Crippen LogP contribution in [0, 0.1) is 11.8 Å². The van der Waals surface area contributed by atoms with E-state index in [1.54, 1.807) is 4.90 Å². The van der Waals surface area contributed by atoms with Gasteiger partial charge in [0.15, 0.2) is 5.60 Å². The number of ether oxygens (including phenoxy) is 1. The van der Waals surface area contributed by atoms with Gasteiger partial charge in [0, 0.05) is 6.92 Å². The molecule has 19 heavy (non-hydrogen) atoms. The second-order valence-corrected chi connectivity index (χ2v) is 5.08. The van der Waals surface area contributed by atoms with Crippen molar-refractivity contribution >= 4 is 5.97 Å². The molecule has 0 spiro atoms. The van der Waals surface area contributed by atoms with Crippen molar-refractivity contribution in [2.24, 2.45) is 0 Å². The number of hydrogen-bond donors (Lipinski definition) is 1. The Morgan fingerprint density at radius 2 is 1.79 bits per heavy atom. The molecule has 0 aromatic rings. The predicted molar refractivity (Wildman–Crippen MR) is 72.3 cm³/mol. The molecule has 0 aromatic carbocycles. The van der Waals surface area contributed by atoms with E-state index in [1.807, 2.05) is 13.8 Å². The van der Waals surface area contributed by atoms with Crippen molar-refractivity contribution < 1.29 is 26.8 Å². The minimum absolute atomic E-state index is 0. The highest BCUT2D eigenvalue weighted by Crippen LogP contribution is 2.19. The van der Waals surface area contributed by atoms with Gasteiger partial charge in [-0.2, -0.15) is 0 Å². The first-order valence-corrected chi connectivity index (χ1v) is 7.15. The molecule has 1 aliphatic heterocycles. The van der Waals surface area contributed by atoms with Gasteiger partial charge in [-0.1, -0.05) is 13.8 Å². The number of hydrogen-bond acceptors (Lipinski definition) is 2. The quantitative estimate of drug-likeness (QED) is 0.488. The van der Waals surface area contributed by atoms with Gasteiger partial charge in [-0.15, -0.1) is 0 Å². The normalized spacial score (nSPS) is 15.9. The standard InChI is InChI=1S/C15H25NO2.ClH/c1-4-15(5-2,18-14(3)17)10-9-13-16-11-7-6-8-12-16;/h4-8,11-13H2,1-3H3;1H. The Hall–Kier alpha value is -0.720. The molecule has 0 aromatic heterocycles. The average Bonchev–Trinajstić information content (AvgIpc) is 2.38. The van der Waals surface area contributed by atoms with Crippen LogP contribution in [0.4, 0.5) is 0 Å². The minimum Gasteiger partial charge on any atom is -1.00 e. The molecular formula is C15H26ClNO2. The fraction of sp³-hybridized carbons (Fsp3) is 0.800. The first kappa shape index (κ1) is 18.3. The highest BCUT2D eigenvalue weighted by atomic mass is 35.5. The molecule has 1 rings (SSSR count). The second-order valence-electron chi connectivity index (χ2n) is 5.08. The number of rotatable bonds is 4. The maximum Gasteiger partial charge on any atom is 0.304 e. The third-order valence-electron chi connectivity index (χ3n) is 3.70. The highest BCUT2D eigenvalue weighted by Gasteiger charge is 2.27. The maximum absolute atomic E-state index is 11.1. The van der Waals surface area contributed by atoms with Gasteiger partial charge in [0.05, 0.1) is 13.1 Å². The van der Waals surface area contributed by atoms with Crippen molar-refractivity contribution in [1.29, 1.82) is 0 Å². The Morgan fingerprint density at radius 3 is 2.26 bits per heavy atom. The van der Waals surface area contributed by atoms with Crippen molar-refractivity contribution in [3.63, 3.8) is 0 Å². The van der Waals surface area contributed by atoms with Gasteiger partial charge in [0.25, 0.3) is 0 Å². The van der Waals surface area contributed by atoms with Crippen LogP contribution < -0.4 is 17.3 Å². The zero-order chi connectivity index (χ0) is 13.4. The number of halogens is 1. The summed E-state index contributed by atoms with van der Waals surface area (Å²) in [5.41, 5.74) is -0.568. The SMILES string of the molecule is CCC(C#CC[NH+]1CCCCC1)(CC)OC(C)=O.[Cl-]. The number of piperidine rings is 1. The molecule has 0 atom stereocenters. The first-order chi connectivity index (χ1) is 8.62. The zero-order valence-corrected chi connectivity index (χ0v) is 13.1. The van der Waals surface area contributed by atoms with Crippen LogP contribution in [0.5, 0.6) is 0 Å². The number of carbonyl (C=O) groups is 1. The van der Waals surface area contributed by atoms with Crippen LogP contribution in [-0.2, 0) is 9.53 Å². The summed E-state index contributed by atoms with van der Waals surface area (Å²) in [6, 6.07) is 0. The van der Waals surface area contributed by atoms with E-state index in [1.165, 1.54) is 39.3 Å². The summed E-state index contributed by atoms with van der Waals surface area (Å²) in [5, 5.41) is 0. The van der Waals surface area contributed by atoms with Crippen LogP contribution >= 0.6 is 0 Å². The van der Waals surface area contributed by atoms with Crippen molar-refractivity contribution in [2.45, 2.75) is 58.5 Å². The molecule has 1 saturated heterocycles. The van der Waals surface area contributed by atoms with Gasteiger partial charge in [-0.05, 0) is 43.9 Å². The van der Waals surface area contributed by atoms with E-state index in [9.17, 15) is 4.79 Å². The lowest BCUT2D eigenvalue weighted by Crippen LogP contribution is -3.12. The monoisotopic (exact) mass is 287 g/mol. The first-order valence-electron chi connectivity index (χ1n) is 7.15. The fourth-order valence-corrected chi connectivity index (χ4v) is 2.43. The zero-order valence-electron chi connectivity index (χ0n) is 12.4. The van der Waals surface area contributed by atoms with Crippen LogP contribution in [0.3, 0.4) is 0 Å². The van der Waals surface area contributed by atoms with Crippen molar-refractivity contribution in [1.82, 2.24) is 0 Å². The molecule has 0 radical (unpaired) electrons. The number of likely N-dealkylation sites (tertiary alicyclic amines) is 1. The summed E-state index contributed by atoms with van der Waals surface area (Å²) in [4.78, 5) is 12.7. The van der Waals surface area contributed by atoms with E-state index in [2.05, 4.69) is 11.8 Å². The lowest BCUT2D eigenvalue weighted by atomic mass is 9.98. The van der Waals surface area contributed by atoms with Gasteiger partial charge in [-0.3, -0.25) is 4.79 Å². The van der Waals surface area contributed by atoms with E-state index in [-0.39, 0.29) is 18.4 Å². The summed E-state index contributed by atoms with van der Waals surface area (Å²) in [6.45, 7) is 8.84. The Labute approximate surface area is 123 Å². The minimum atomic E-state index is -0.568. The molecular weight excluding hydrogens is 262 g/mol. The Balaban J connectivity index is 0.00000324. The summed E-state index contributed by atoms with van der Waals surface area (Å²) >= 11 is 0. The van der Waals surface area contributed by atoms with E-state index < -0.39 is 5.60 Å². The molecule has 4 heteroatoms. The predicted octanol–water partition coefficient (Wildman–Crippen LogP) is -1.82. The Morgan fingerprint density at radius 1 is 1.21 bits per heavy atom. The highest BCUT2D eigenvalue weighted by molar-refractivity contribution is 5.67. The third-order valence-corrected chi connectivity index (χ3v) is 3.70. The molecule has 0 aliphatic carbocycles. The van der Waals surface area contributed by atoms with Crippen molar-refractivity contribution in [3.05, 3.63) is 0 Å². The van der Waals surface area contributed by atoms with Crippen molar-refractivity contribution in [2.75, 3.05) is 19.6 Å². The van der Waals surface area contributed by atoms with Crippen LogP contribution in [0.2, 0.25) is 0 Å².